The van der Waals surface area contributed by atoms with Gasteiger partial charge in [-0.15, -0.1) is 0 Å². The molecule has 0 fully saturated rings. The Morgan fingerprint density at radius 1 is 1.00 bits per heavy atom. The van der Waals surface area contributed by atoms with Crippen molar-refractivity contribution >= 4 is 11.8 Å². The molecule has 0 aliphatic carbocycles. The minimum absolute atomic E-state index is 0.357. The summed E-state index contributed by atoms with van der Waals surface area (Å²) in [6, 6.07) is 16.2. The molecule has 2 rings (SSSR count). The lowest BCUT2D eigenvalue weighted by atomic mass is 10.1. The fourth-order valence-corrected chi connectivity index (χ4v) is 1.91. The number of Topliss-reactive ketones (excluding diaryl/α,β-unsaturated/α-hetero) is 1. The van der Waals surface area contributed by atoms with Crippen LogP contribution in [0, 0.1) is 6.92 Å². The molecular formula is C17H16O3. The van der Waals surface area contributed by atoms with Crippen molar-refractivity contribution in [1.82, 2.24) is 0 Å². The van der Waals surface area contributed by atoms with Crippen molar-refractivity contribution in [3.8, 4) is 0 Å². The van der Waals surface area contributed by atoms with Gasteiger partial charge >= 0.3 is 5.97 Å². The van der Waals surface area contributed by atoms with Crippen LogP contribution in [0.15, 0.2) is 54.6 Å². The lowest BCUT2D eigenvalue weighted by molar-refractivity contribution is -0.142. The minimum Gasteiger partial charge on any atom is -0.452 e. The van der Waals surface area contributed by atoms with Gasteiger partial charge in [-0.3, -0.25) is 4.79 Å². The van der Waals surface area contributed by atoms with E-state index in [1.165, 1.54) is 0 Å². The molecule has 0 aromatic heterocycles. The second-order valence-corrected chi connectivity index (χ2v) is 4.66. The monoisotopic (exact) mass is 268 g/mol. The molecule has 3 nitrogen and oxygen atoms in total. The Balaban J connectivity index is 2.07. The van der Waals surface area contributed by atoms with Crippen molar-refractivity contribution in [3.05, 3.63) is 71.3 Å². The van der Waals surface area contributed by atoms with Crippen molar-refractivity contribution in [2.45, 2.75) is 20.0 Å². The van der Waals surface area contributed by atoms with E-state index in [2.05, 4.69) is 0 Å². The van der Waals surface area contributed by atoms with Crippen molar-refractivity contribution in [3.63, 3.8) is 0 Å². The second kappa shape index (κ2) is 6.15. The normalized spacial score (nSPS) is 11.7. The fraction of sp³-hybridized carbons (Fsp3) is 0.176. The molecule has 0 saturated heterocycles. The average Bonchev–Trinajstić information content (AvgIpc) is 2.47. The minimum atomic E-state index is -0.827. The summed E-state index contributed by atoms with van der Waals surface area (Å²) < 4.78 is 5.20. The first-order valence-electron chi connectivity index (χ1n) is 6.45. The number of ether oxygens (including phenoxy) is 1. The maximum atomic E-state index is 12.0. The molecule has 0 spiro atoms. The van der Waals surface area contributed by atoms with Gasteiger partial charge in [0, 0.05) is 5.56 Å². The predicted octanol–water partition coefficient (Wildman–Crippen LogP) is 3.48. The van der Waals surface area contributed by atoms with Crippen molar-refractivity contribution in [2.24, 2.45) is 0 Å². The third-order valence-corrected chi connectivity index (χ3v) is 3.02. The second-order valence-electron chi connectivity index (χ2n) is 4.66. The molecule has 3 heteroatoms. The Labute approximate surface area is 118 Å². The predicted molar refractivity (Wildman–Crippen MR) is 76.5 cm³/mol. The Kier molecular flexibility index (Phi) is 4.31. The Morgan fingerprint density at radius 3 is 2.35 bits per heavy atom. The summed E-state index contributed by atoms with van der Waals surface area (Å²) in [5, 5.41) is 0. The van der Waals surface area contributed by atoms with Gasteiger partial charge in [0.25, 0.3) is 5.78 Å². The van der Waals surface area contributed by atoms with Crippen LogP contribution in [0.5, 0.6) is 0 Å². The van der Waals surface area contributed by atoms with Gasteiger partial charge in [0.05, 0.1) is 0 Å². The molecular weight excluding hydrogens is 252 g/mol. The topological polar surface area (TPSA) is 43.4 Å². The molecule has 0 N–H and O–H groups in total. The summed E-state index contributed by atoms with van der Waals surface area (Å²) in [5.74, 6) is -1.44. The summed E-state index contributed by atoms with van der Waals surface area (Å²) in [7, 11) is 0. The quantitative estimate of drug-likeness (QED) is 0.484. The zero-order chi connectivity index (χ0) is 14.5. The molecule has 20 heavy (non-hydrogen) atoms. The van der Waals surface area contributed by atoms with Crippen molar-refractivity contribution in [1.29, 1.82) is 0 Å². The van der Waals surface area contributed by atoms with E-state index in [4.69, 9.17) is 4.74 Å². The Hall–Kier alpha value is -2.42. The molecule has 1 atom stereocenters. The molecule has 0 heterocycles. The Morgan fingerprint density at radius 2 is 1.70 bits per heavy atom. The van der Waals surface area contributed by atoms with Gasteiger partial charge < -0.3 is 4.74 Å². The lowest BCUT2D eigenvalue weighted by Gasteiger charge is -2.12. The van der Waals surface area contributed by atoms with E-state index < -0.39 is 17.9 Å². The highest BCUT2D eigenvalue weighted by Crippen LogP contribution is 2.17. The summed E-state index contributed by atoms with van der Waals surface area (Å²) in [5.41, 5.74) is 2.15. The molecule has 0 aliphatic rings. The van der Waals surface area contributed by atoms with Gasteiger partial charge in [-0.05, 0) is 25.5 Å². The number of esters is 1. The van der Waals surface area contributed by atoms with Gasteiger partial charge in [-0.2, -0.15) is 0 Å². The zero-order valence-electron chi connectivity index (χ0n) is 11.5. The van der Waals surface area contributed by atoms with Crippen LogP contribution >= 0.6 is 0 Å². The lowest BCUT2D eigenvalue weighted by Crippen LogP contribution is -2.19. The molecule has 2 aromatic carbocycles. The molecule has 1 unspecified atom stereocenters. The van der Waals surface area contributed by atoms with Crippen LogP contribution in [0.4, 0.5) is 0 Å². The third kappa shape index (κ3) is 3.32. The van der Waals surface area contributed by atoms with E-state index in [1.54, 1.807) is 25.1 Å². The molecule has 0 saturated carbocycles. The first-order chi connectivity index (χ1) is 9.58. The van der Waals surface area contributed by atoms with Crippen LogP contribution in [0.25, 0.3) is 0 Å². The summed E-state index contributed by atoms with van der Waals surface area (Å²) in [6.45, 7) is 3.62. The van der Waals surface area contributed by atoms with Crippen LogP contribution < -0.4 is 0 Å². The molecule has 2 aromatic rings. The zero-order valence-corrected chi connectivity index (χ0v) is 11.5. The van der Waals surface area contributed by atoms with Crippen LogP contribution in [0.2, 0.25) is 0 Å². The molecule has 0 aliphatic heterocycles. The van der Waals surface area contributed by atoms with Crippen molar-refractivity contribution in [2.75, 3.05) is 0 Å². The number of carbonyl (C=O) groups excluding carboxylic acids is 2. The van der Waals surface area contributed by atoms with Gasteiger partial charge in [0.15, 0.2) is 0 Å². The number of hydrogen-bond donors (Lipinski definition) is 0. The highest BCUT2D eigenvalue weighted by molar-refractivity contribution is 6.40. The summed E-state index contributed by atoms with van der Waals surface area (Å²) in [4.78, 5) is 23.9. The number of benzene rings is 2. The van der Waals surface area contributed by atoms with Crippen LogP contribution in [0.3, 0.4) is 0 Å². The smallest absolute Gasteiger partial charge is 0.380 e. The van der Waals surface area contributed by atoms with Crippen LogP contribution in [-0.2, 0) is 9.53 Å². The maximum Gasteiger partial charge on any atom is 0.380 e. The summed E-state index contributed by atoms with van der Waals surface area (Å²) >= 11 is 0. The van der Waals surface area contributed by atoms with E-state index in [0.717, 1.165) is 11.1 Å². The van der Waals surface area contributed by atoms with E-state index in [0.29, 0.717) is 5.56 Å². The molecule has 102 valence electrons. The van der Waals surface area contributed by atoms with Crippen LogP contribution in [0.1, 0.15) is 34.5 Å². The first kappa shape index (κ1) is 14.0. The maximum absolute atomic E-state index is 12.0. The third-order valence-electron chi connectivity index (χ3n) is 3.02. The number of carbonyl (C=O) groups is 2. The number of aryl methyl sites for hydroxylation is 1. The summed E-state index contributed by atoms with van der Waals surface area (Å²) in [6.07, 6.45) is -0.447. The first-order valence-corrected chi connectivity index (χ1v) is 6.45. The highest BCUT2D eigenvalue weighted by Gasteiger charge is 2.21. The van der Waals surface area contributed by atoms with E-state index in [9.17, 15) is 9.59 Å². The standard InChI is InChI=1S/C17H16O3/c1-12-7-6-10-15(11-12)16(18)17(19)20-13(2)14-8-4-3-5-9-14/h3-11,13H,1-2H3. The van der Waals surface area contributed by atoms with Crippen molar-refractivity contribution < 1.29 is 14.3 Å². The van der Waals surface area contributed by atoms with Gasteiger partial charge in [-0.25, -0.2) is 4.79 Å². The SMILES string of the molecule is Cc1cccc(C(=O)C(=O)OC(C)c2ccccc2)c1. The van der Waals surface area contributed by atoms with Gasteiger partial charge in [0.2, 0.25) is 0 Å². The fourth-order valence-electron chi connectivity index (χ4n) is 1.91. The average molecular weight is 268 g/mol. The van der Waals surface area contributed by atoms with Crippen LogP contribution in [-0.4, -0.2) is 11.8 Å². The van der Waals surface area contributed by atoms with E-state index >= 15 is 0 Å². The number of hydrogen-bond acceptors (Lipinski definition) is 3. The molecule has 0 bridgehead atoms. The van der Waals surface area contributed by atoms with E-state index in [1.807, 2.05) is 43.3 Å². The van der Waals surface area contributed by atoms with Gasteiger partial charge in [0.1, 0.15) is 6.10 Å². The molecule has 0 radical (unpaired) electrons. The number of ketones is 1. The number of rotatable bonds is 4. The Bertz CT molecular complexity index is 617. The largest absolute Gasteiger partial charge is 0.452 e. The molecule has 0 amide bonds. The van der Waals surface area contributed by atoms with E-state index in [-0.39, 0.29) is 0 Å². The highest BCUT2D eigenvalue weighted by atomic mass is 16.5. The van der Waals surface area contributed by atoms with Gasteiger partial charge in [-0.1, -0.05) is 54.1 Å².